The maximum Gasteiger partial charge on any atom is 0.181 e. The SMILES string of the molecule is COc1cc(F)cc(C2=CC=NCc3[nH]c(-c4[nH]nc5ncc(-c6cncnc6)cc45)nc32)c1. The monoisotopic (exact) mass is 452 g/mol. The summed E-state index contributed by atoms with van der Waals surface area (Å²) < 4.78 is 19.5. The number of nitrogens with one attached hydrogen (secondary N) is 2. The van der Waals surface area contributed by atoms with Crippen LogP contribution in [-0.4, -0.2) is 48.4 Å². The fraction of sp³-hybridized carbons (Fsp3) is 0.0833. The van der Waals surface area contributed by atoms with Crippen LogP contribution in [0.3, 0.4) is 0 Å². The van der Waals surface area contributed by atoms with Crippen LogP contribution < -0.4 is 4.74 Å². The molecule has 4 aromatic heterocycles. The zero-order valence-corrected chi connectivity index (χ0v) is 18.0. The smallest absolute Gasteiger partial charge is 0.181 e. The highest BCUT2D eigenvalue weighted by Gasteiger charge is 2.21. The molecule has 0 radical (unpaired) electrons. The molecular formula is C24H17FN8O. The molecule has 9 nitrogen and oxygen atoms in total. The predicted octanol–water partition coefficient (Wildman–Crippen LogP) is 3.97. The van der Waals surface area contributed by atoms with Gasteiger partial charge in [0, 0.05) is 47.6 Å². The Labute approximate surface area is 192 Å². The highest BCUT2D eigenvalue weighted by atomic mass is 19.1. The Morgan fingerprint density at radius 3 is 2.74 bits per heavy atom. The molecular weight excluding hydrogens is 435 g/mol. The Morgan fingerprint density at radius 2 is 1.88 bits per heavy atom. The van der Waals surface area contributed by atoms with E-state index >= 15 is 0 Å². The number of benzene rings is 1. The third-order valence-corrected chi connectivity index (χ3v) is 5.59. The molecule has 10 heteroatoms. The van der Waals surface area contributed by atoms with E-state index in [-0.39, 0.29) is 0 Å². The molecule has 2 N–H and O–H groups in total. The van der Waals surface area contributed by atoms with Crippen molar-refractivity contribution in [3.8, 4) is 28.4 Å². The van der Waals surface area contributed by atoms with Crippen molar-refractivity contribution in [2.75, 3.05) is 7.11 Å². The van der Waals surface area contributed by atoms with Gasteiger partial charge in [0.15, 0.2) is 11.5 Å². The maximum absolute atomic E-state index is 14.2. The summed E-state index contributed by atoms with van der Waals surface area (Å²) in [6.45, 7) is 0.408. The molecule has 0 unspecified atom stereocenters. The first-order valence-electron chi connectivity index (χ1n) is 10.4. The zero-order chi connectivity index (χ0) is 23.1. The van der Waals surface area contributed by atoms with Crippen molar-refractivity contribution in [2.24, 2.45) is 4.99 Å². The molecule has 5 heterocycles. The van der Waals surface area contributed by atoms with Gasteiger partial charge in [-0.05, 0) is 29.8 Å². The summed E-state index contributed by atoms with van der Waals surface area (Å²) in [6.07, 6.45) is 10.2. The number of hydrogen-bond acceptors (Lipinski definition) is 7. The van der Waals surface area contributed by atoms with Crippen LogP contribution in [0.5, 0.6) is 5.75 Å². The van der Waals surface area contributed by atoms with Gasteiger partial charge in [0.1, 0.15) is 23.6 Å². The van der Waals surface area contributed by atoms with Gasteiger partial charge in [0.05, 0.1) is 30.4 Å². The van der Waals surface area contributed by atoms with Gasteiger partial charge in [0.25, 0.3) is 0 Å². The van der Waals surface area contributed by atoms with E-state index in [9.17, 15) is 4.39 Å². The van der Waals surface area contributed by atoms with Gasteiger partial charge in [0.2, 0.25) is 0 Å². The summed E-state index contributed by atoms with van der Waals surface area (Å²) in [4.78, 5) is 25.3. The van der Waals surface area contributed by atoms with Crippen molar-refractivity contribution in [1.82, 2.24) is 35.1 Å². The molecule has 0 saturated carbocycles. The molecule has 1 aliphatic heterocycles. The van der Waals surface area contributed by atoms with E-state index in [1.807, 2.05) is 12.1 Å². The van der Waals surface area contributed by atoms with Crippen LogP contribution in [0.1, 0.15) is 17.0 Å². The van der Waals surface area contributed by atoms with Gasteiger partial charge >= 0.3 is 0 Å². The van der Waals surface area contributed by atoms with E-state index in [1.165, 1.54) is 25.6 Å². The standard InChI is InChI=1S/C24H17FN8O/c1-34-17-5-13(4-16(25)7-17)18-2-3-26-11-20-21(18)31-24(30-20)22-19-6-14(10-29-23(19)33-32-22)15-8-27-12-28-9-15/h2-10,12H,11H2,1H3,(H,30,31)(H,29,32,33). The Balaban J connectivity index is 1.47. The molecule has 166 valence electrons. The molecule has 1 aliphatic rings. The Kier molecular flexibility index (Phi) is 4.69. The molecule has 5 aromatic rings. The molecule has 0 aliphatic carbocycles. The van der Waals surface area contributed by atoms with E-state index in [0.717, 1.165) is 27.8 Å². The summed E-state index contributed by atoms with van der Waals surface area (Å²) in [5.41, 5.74) is 5.83. The molecule has 0 saturated heterocycles. The van der Waals surface area contributed by atoms with Gasteiger partial charge in [-0.15, -0.1) is 0 Å². The van der Waals surface area contributed by atoms with E-state index < -0.39 is 5.82 Å². The lowest BCUT2D eigenvalue weighted by Gasteiger charge is -2.08. The summed E-state index contributed by atoms with van der Waals surface area (Å²) in [5.74, 6) is 0.622. The van der Waals surface area contributed by atoms with E-state index in [0.29, 0.717) is 40.7 Å². The van der Waals surface area contributed by atoms with Crippen molar-refractivity contribution in [3.63, 3.8) is 0 Å². The number of nitrogens with zero attached hydrogens (tertiary/aromatic N) is 6. The Morgan fingerprint density at radius 1 is 1.00 bits per heavy atom. The molecule has 6 rings (SSSR count). The first-order valence-corrected chi connectivity index (χ1v) is 10.4. The van der Waals surface area contributed by atoms with Gasteiger partial charge in [-0.2, -0.15) is 5.10 Å². The quantitative estimate of drug-likeness (QED) is 0.426. The second-order valence-corrected chi connectivity index (χ2v) is 7.68. The van der Waals surface area contributed by atoms with Crippen molar-refractivity contribution in [1.29, 1.82) is 0 Å². The lowest BCUT2D eigenvalue weighted by atomic mass is 10.0. The minimum absolute atomic E-state index is 0.392. The van der Waals surface area contributed by atoms with Crippen LogP contribution in [-0.2, 0) is 6.54 Å². The number of aliphatic imine (C=N–C) groups is 1. The average molecular weight is 452 g/mol. The third-order valence-electron chi connectivity index (χ3n) is 5.59. The van der Waals surface area contributed by atoms with E-state index in [1.54, 1.807) is 30.9 Å². The third kappa shape index (κ3) is 3.41. The topological polar surface area (TPSA) is 118 Å². The minimum atomic E-state index is -0.392. The maximum atomic E-state index is 14.2. The second-order valence-electron chi connectivity index (χ2n) is 7.68. The molecule has 0 spiro atoms. The van der Waals surface area contributed by atoms with Crippen molar-refractivity contribution < 1.29 is 9.13 Å². The van der Waals surface area contributed by atoms with Crippen molar-refractivity contribution in [3.05, 3.63) is 78.0 Å². The summed E-state index contributed by atoms with van der Waals surface area (Å²) in [6, 6.07) is 6.54. The summed E-state index contributed by atoms with van der Waals surface area (Å²) in [5, 5.41) is 8.17. The van der Waals surface area contributed by atoms with Crippen molar-refractivity contribution in [2.45, 2.75) is 6.54 Å². The van der Waals surface area contributed by atoms with Gasteiger partial charge < -0.3 is 9.72 Å². The second kappa shape index (κ2) is 8.00. The number of allylic oxidation sites excluding steroid dienone is 1. The van der Waals surface area contributed by atoms with Crippen LogP contribution >= 0.6 is 0 Å². The van der Waals surface area contributed by atoms with Gasteiger partial charge in [-0.1, -0.05) is 0 Å². The minimum Gasteiger partial charge on any atom is -0.497 e. The Bertz CT molecular complexity index is 1590. The highest BCUT2D eigenvalue weighted by Crippen LogP contribution is 2.33. The van der Waals surface area contributed by atoms with Gasteiger partial charge in [-0.3, -0.25) is 10.1 Å². The van der Waals surface area contributed by atoms with Crippen molar-refractivity contribution >= 4 is 22.8 Å². The molecule has 0 amide bonds. The van der Waals surface area contributed by atoms with Crippen LogP contribution in [0.2, 0.25) is 0 Å². The number of aromatic nitrogens is 7. The first-order chi connectivity index (χ1) is 16.7. The number of H-pyrrole nitrogens is 2. The largest absolute Gasteiger partial charge is 0.497 e. The number of hydrogen-bond donors (Lipinski definition) is 2. The number of fused-ring (bicyclic) bond motifs is 2. The normalized spacial score (nSPS) is 12.9. The molecule has 1 aromatic carbocycles. The van der Waals surface area contributed by atoms with E-state index in [2.05, 4.69) is 35.1 Å². The zero-order valence-electron chi connectivity index (χ0n) is 18.0. The number of imidazole rings is 1. The van der Waals surface area contributed by atoms with E-state index in [4.69, 9.17) is 9.72 Å². The molecule has 0 atom stereocenters. The number of pyridine rings is 1. The number of rotatable bonds is 4. The molecule has 34 heavy (non-hydrogen) atoms. The Hall–Kier alpha value is -4.73. The average Bonchev–Trinajstić information content (AvgIpc) is 3.42. The number of aromatic amines is 2. The number of halogens is 1. The van der Waals surface area contributed by atoms with Gasteiger partial charge in [-0.25, -0.2) is 24.3 Å². The van der Waals surface area contributed by atoms with Crippen LogP contribution in [0, 0.1) is 5.82 Å². The first kappa shape index (κ1) is 19.9. The fourth-order valence-electron chi connectivity index (χ4n) is 3.97. The molecule has 0 fully saturated rings. The summed E-state index contributed by atoms with van der Waals surface area (Å²) in [7, 11) is 1.51. The molecule has 0 bridgehead atoms. The van der Waals surface area contributed by atoms with Crippen LogP contribution in [0.25, 0.3) is 39.3 Å². The van der Waals surface area contributed by atoms with Crippen LogP contribution in [0.4, 0.5) is 4.39 Å². The fourth-order valence-corrected chi connectivity index (χ4v) is 3.97. The highest BCUT2D eigenvalue weighted by molar-refractivity contribution is 5.95. The lowest BCUT2D eigenvalue weighted by molar-refractivity contribution is 0.411. The van der Waals surface area contributed by atoms with Crippen LogP contribution in [0.15, 0.2) is 60.3 Å². The summed E-state index contributed by atoms with van der Waals surface area (Å²) >= 11 is 0. The number of ether oxygens (including phenoxy) is 1. The number of methoxy groups -OCH3 is 1. The predicted molar refractivity (Wildman–Crippen MR) is 125 cm³/mol. The lowest BCUT2D eigenvalue weighted by Crippen LogP contribution is -1.95.